The maximum absolute atomic E-state index is 4.58. The zero-order chi connectivity index (χ0) is 83.3. The number of H-pyrrole nitrogens is 4. The molecule has 0 aliphatic rings. The topological polar surface area (TPSA) is 280 Å². The molecule has 0 aliphatic carbocycles. The van der Waals surface area contributed by atoms with Gasteiger partial charge in [-0.1, -0.05) is 195 Å². The first-order valence-corrected chi connectivity index (χ1v) is 39.7. The van der Waals surface area contributed by atoms with E-state index in [-0.39, 0.29) is 0 Å². The van der Waals surface area contributed by atoms with Crippen LogP contribution in [0.2, 0.25) is 0 Å². The maximum atomic E-state index is 4.58. The van der Waals surface area contributed by atoms with Gasteiger partial charge in [-0.15, -0.1) is 11.3 Å². The smallest absolute Gasteiger partial charge is 0.133 e. The molecule has 0 atom stereocenters. The van der Waals surface area contributed by atoms with Crippen LogP contribution in [0.3, 0.4) is 0 Å². The van der Waals surface area contributed by atoms with Crippen molar-refractivity contribution in [1.82, 2.24) is 93.0 Å². The zero-order valence-corrected chi connectivity index (χ0v) is 75.5. The number of hydrogen-bond donors (Lipinski definition) is 4. The minimum absolute atomic E-state index is 0.856. The summed E-state index contributed by atoms with van der Waals surface area (Å²) in [5.41, 5.74) is 9.50. The van der Waals surface area contributed by atoms with Crippen LogP contribution in [0.15, 0.2) is 185 Å². The van der Waals surface area contributed by atoms with Gasteiger partial charge in [-0.05, 0) is 141 Å². The van der Waals surface area contributed by atoms with Gasteiger partial charge in [0.05, 0.1) is 48.3 Å². The zero-order valence-electron chi connectivity index (χ0n) is 72.2. The van der Waals surface area contributed by atoms with Crippen LogP contribution in [0.4, 0.5) is 0 Å². The standard InChI is InChI=1S/6C4H6N2.3C4H5NO.4C4H5NS.13C2H6/c2*1-4-2-5-3-6-4;1-6-3-2-5-4-6;1-6-4-2-3-5-6;1-4-5-2-3-6-4;1-4-2-3-5-6-4;1-4-2-5-6-3-4;1-4-2-3-6-5-4;1-4-2-3-5-6-4;1-4-2-5-3-6-4;1-4-2-5-6-3-4;1-4-2-3-6-5-4;1-4-2-3-5-6-4;13*1-2/h2*2-3H,1H3,(H,5,6);2*2-4H,1H3;2*2-3H,1H3,(H,5,6);7*2-3H,1H3;13*1-2H3. The second-order valence-electron chi connectivity index (χ2n) is 15.3. The molecule has 4 N–H and O–H groups in total. The van der Waals surface area contributed by atoms with Crippen molar-refractivity contribution in [2.24, 2.45) is 14.1 Å². The Balaban J connectivity index is -0.0000000764. The molecular weight excluding hydrogens is 1380 g/mol. The first-order valence-electron chi connectivity index (χ1n) is 36.4. The highest BCUT2D eigenvalue weighted by Gasteiger charge is 1.82. The summed E-state index contributed by atoms with van der Waals surface area (Å²) in [5.74, 6) is 1.82. The molecule has 0 amide bonds. The van der Waals surface area contributed by atoms with E-state index in [0.717, 1.165) is 45.6 Å². The third kappa shape index (κ3) is 117. The molecule has 0 aromatic carbocycles. The Hall–Kier alpha value is -8.59. The monoisotopic (exact) mass is 1530 g/mol. The maximum Gasteiger partial charge on any atom is 0.133 e. The second-order valence-corrected chi connectivity index (χ2v) is 18.8. The van der Waals surface area contributed by atoms with Crippen LogP contribution >= 0.6 is 45.9 Å². The summed E-state index contributed by atoms with van der Waals surface area (Å²) in [7, 11) is 3.83. The van der Waals surface area contributed by atoms with Crippen molar-refractivity contribution in [2.45, 2.75) is 256 Å². The molecule has 13 heterocycles. The van der Waals surface area contributed by atoms with E-state index in [4.69, 9.17) is 0 Å². The Labute approximate surface area is 650 Å². The predicted octanol–water partition coefficient (Wildman–Crippen LogP) is 25.8. The van der Waals surface area contributed by atoms with E-state index in [2.05, 4.69) is 97.3 Å². The summed E-state index contributed by atoms with van der Waals surface area (Å²) in [4.78, 5) is 30.2. The molecule has 22 nitrogen and oxygen atoms in total. The van der Waals surface area contributed by atoms with E-state index < -0.39 is 0 Å². The number of rotatable bonds is 0. The van der Waals surface area contributed by atoms with Gasteiger partial charge in [0.25, 0.3) is 0 Å². The minimum Gasteiger partial charge on any atom is -0.365 e. The van der Waals surface area contributed by atoms with Crippen LogP contribution in [0.25, 0.3) is 0 Å². The molecule has 13 rings (SSSR count). The lowest BCUT2D eigenvalue weighted by Gasteiger charge is -1.77. The number of thiazole rings is 1. The number of aromatic nitrogens is 19. The molecule has 0 spiro atoms. The SMILES string of the molecule is CC.CC.CC.CC.CC.CC.CC.CC.CC.CC.CC.CC.CC.Cc1ccn[nH]1.Cc1ccno1.Cc1ccns1.Cc1ccon1.Cc1ccsn1.Cc1cnc[nH]1.Cc1cnc[nH]1.Cc1cncs1.Cc1cnoc1.Cc1cnsc1.Cc1ncc[nH]1.Cn1cccn1.Cn1ccnc1. The fraction of sp³-hybridized carbons (Fsp3) is 0.500. The highest BCUT2D eigenvalue weighted by molar-refractivity contribution is 7.09. The second kappa shape index (κ2) is 121. The highest BCUT2D eigenvalue weighted by Crippen LogP contribution is 2.00. The van der Waals surface area contributed by atoms with Gasteiger partial charge < -0.3 is 33.1 Å². The minimum atomic E-state index is 0.856. The summed E-state index contributed by atoms with van der Waals surface area (Å²) >= 11 is 6.17. The lowest BCUT2D eigenvalue weighted by Crippen LogP contribution is -1.83. The summed E-state index contributed by atoms with van der Waals surface area (Å²) in [5, 5.41) is 24.7. The number of hydrogen-bond acceptors (Lipinski definition) is 20. The van der Waals surface area contributed by atoms with Gasteiger partial charge in [-0.25, -0.2) is 28.7 Å². The molecule has 26 heteroatoms. The molecule has 598 valence electrons. The van der Waals surface area contributed by atoms with Gasteiger partial charge in [0.2, 0.25) is 0 Å². The van der Waals surface area contributed by atoms with E-state index in [1.54, 1.807) is 122 Å². The van der Waals surface area contributed by atoms with Gasteiger partial charge in [0, 0.05) is 144 Å². The van der Waals surface area contributed by atoms with E-state index in [9.17, 15) is 0 Å². The summed E-state index contributed by atoms with van der Waals surface area (Å²) in [6.07, 6.45) is 33.1. The van der Waals surface area contributed by atoms with Gasteiger partial charge in [-0.3, -0.25) is 14.8 Å². The Morgan fingerprint density at radius 3 is 1.14 bits per heavy atom. The molecule has 0 bridgehead atoms. The number of nitrogens with one attached hydrogen (secondary N) is 4. The van der Waals surface area contributed by atoms with Crippen molar-refractivity contribution >= 4 is 45.9 Å². The predicted molar refractivity (Wildman–Crippen MR) is 458 cm³/mol. The average molecular weight is 1530 g/mol. The third-order valence-corrected chi connectivity index (χ3v) is 10.5. The fourth-order valence-corrected chi connectivity index (χ4v) is 5.77. The normalized spacial score (nSPS) is 7.38. The summed E-state index contributed by atoms with van der Waals surface area (Å²) < 4.78 is 28.8. The number of imidazole rings is 4. The van der Waals surface area contributed by atoms with E-state index in [0.29, 0.717) is 0 Å². The van der Waals surface area contributed by atoms with Crippen molar-refractivity contribution in [3.63, 3.8) is 0 Å². The van der Waals surface area contributed by atoms with E-state index in [1.807, 2.05) is 340 Å². The largest absolute Gasteiger partial charge is 0.365 e. The van der Waals surface area contributed by atoms with Gasteiger partial charge in [0.1, 0.15) is 24.1 Å². The number of aromatic amines is 4. The summed E-state index contributed by atoms with van der Waals surface area (Å²) in [6, 6.07) is 11.4. The van der Waals surface area contributed by atoms with Crippen LogP contribution in [-0.4, -0.2) is 93.0 Å². The molecule has 13 aromatic rings. The highest BCUT2D eigenvalue weighted by atomic mass is 32.1. The average Bonchev–Trinajstić information content (AvgIpc) is 4.52. The molecule has 0 fully saturated rings. The van der Waals surface area contributed by atoms with Crippen molar-refractivity contribution in [1.29, 1.82) is 0 Å². The molecule has 0 saturated carbocycles. The van der Waals surface area contributed by atoms with E-state index >= 15 is 0 Å². The van der Waals surface area contributed by atoms with Gasteiger partial charge >= 0.3 is 0 Å². The van der Waals surface area contributed by atoms with Crippen LogP contribution in [-0.2, 0) is 14.1 Å². The lowest BCUT2D eigenvalue weighted by atomic mass is 10.4. The first kappa shape index (κ1) is 125. The van der Waals surface area contributed by atoms with Crippen molar-refractivity contribution in [2.75, 3.05) is 0 Å². The first-order chi connectivity index (χ1) is 50.6. The molecular formula is C78H149N19O3S4. The third-order valence-electron chi connectivity index (χ3n) is 7.75. The van der Waals surface area contributed by atoms with Gasteiger partial charge in [-0.2, -0.15) is 14.6 Å². The molecule has 104 heavy (non-hydrogen) atoms. The fourth-order valence-electron chi connectivity index (χ4n) is 3.89. The molecule has 0 saturated heterocycles. The summed E-state index contributed by atoms with van der Waals surface area (Å²) in [6.45, 7) is 73.6. The van der Waals surface area contributed by atoms with Crippen LogP contribution in [0.1, 0.15) is 241 Å². The van der Waals surface area contributed by atoms with Crippen LogP contribution in [0, 0.1) is 76.2 Å². The Morgan fingerprint density at radius 2 is 1.03 bits per heavy atom. The quantitative estimate of drug-likeness (QED) is 0.110. The Kier molecular flexibility index (Phi) is 146. The van der Waals surface area contributed by atoms with Crippen LogP contribution in [0.5, 0.6) is 0 Å². The van der Waals surface area contributed by atoms with Crippen LogP contribution < -0.4 is 0 Å². The van der Waals surface area contributed by atoms with E-state index in [1.165, 1.54) is 49.9 Å². The molecule has 0 radical (unpaired) electrons. The van der Waals surface area contributed by atoms with Gasteiger partial charge in [0.15, 0.2) is 0 Å². The Morgan fingerprint density at radius 1 is 0.452 bits per heavy atom. The molecule has 13 aromatic heterocycles. The molecule has 0 aliphatic heterocycles. The lowest BCUT2D eigenvalue weighted by molar-refractivity contribution is 0.397. The Bertz CT molecular complexity index is 2240. The molecule has 0 unspecified atom stereocenters. The van der Waals surface area contributed by atoms with Crippen molar-refractivity contribution < 1.29 is 13.6 Å². The number of nitrogens with zero attached hydrogens (tertiary/aromatic N) is 15. The number of aryl methyl sites for hydroxylation is 13. The van der Waals surface area contributed by atoms with Crippen molar-refractivity contribution in [3.05, 3.63) is 232 Å². The van der Waals surface area contributed by atoms with Crippen molar-refractivity contribution in [3.8, 4) is 0 Å².